The van der Waals surface area contributed by atoms with Gasteiger partial charge < -0.3 is 10.6 Å². The molecular formula is C34H33ClF2N5O3S+. The van der Waals surface area contributed by atoms with Crippen molar-refractivity contribution >= 4 is 33.2 Å². The minimum atomic E-state index is -3.71. The standard InChI is InChI=1S/C34H32ClF2N5O3S/c1-38-33(32(23-13-15-25(35)16-14-23)24-7-5-8-26(36)19-24)34(43)41-31-22-40-21-30(37)29(31)12-6-9-27-20-39-17-18-42(27)46(44,45)28-10-3-2-4-11-28/h1-5,7-8,10-11,13-16,19,21-22,27,32-33,39H,6,9,12,17-18,20H2/p+1. The Hall–Kier alpha value is -4.21. The predicted molar refractivity (Wildman–Crippen MR) is 175 cm³/mol. The number of anilines is 1. The number of hydrogen-bond acceptors (Lipinski definition) is 5. The summed E-state index contributed by atoms with van der Waals surface area (Å²) in [6, 6.07) is 19.2. The smallest absolute Gasteiger partial charge is 0.317 e. The Balaban J connectivity index is 1.34. The van der Waals surface area contributed by atoms with E-state index >= 15 is 4.39 Å². The van der Waals surface area contributed by atoms with E-state index in [9.17, 15) is 17.6 Å². The first kappa shape index (κ1) is 33.2. The van der Waals surface area contributed by atoms with Crippen LogP contribution in [-0.4, -0.2) is 55.3 Å². The van der Waals surface area contributed by atoms with E-state index in [0.717, 1.165) is 6.20 Å². The average molecular weight is 665 g/mol. The number of halogens is 3. The van der Waals surface area contributed by atoms with E-state index in [2.05, 4.69) is 20.5 Å². The Labute approximate surface area is 272 Å². The number of hydrogen-bond donors (Lipinski definition) is 2. The van der Waals surface area contributed by atoms with Gasteiger partial charge in [-0.3, -0.25) is 9.78 Å². The number of aromatic nitrogens is 1. The molecule has 0 bridgehead atoms. The molecule has 1 aromatic heterocycles. The van der Waals surface area contributed by atoms with Crippen molar-refractivity contribution in [2.45, 2.75) is 42.2 Å². The molecular weight excluding hydrogens is 632 g/mol. The third-order valence-corrected chi connectivity index (χ3v) is 10.3. The van der Waals surface area contributed by atoms with Crippen LogP contribution in [0.3, 0.4) is 0 Å². The SMILES string of the molecule is C#[N+]C(C(=O)Nc1cncc(F)c1CCCC1CNCCN1S(=O)(=O)c1ccccc1)C(c1ccc(Cl)cc1)c1cccc(F)c1. The van der Waals surface area contributed by atoms with Crippen LogP contribution >= 0.6 is 11.6 Å². The first-order valence-corrected chi connectivity index (χ1v) is 16.6. The van der Waals surface area contributed by atoms with Gasteiger partial charge in [-0.15, -0.1) is 0 Å². The Bertz CT molecular complexity index is 1820. The van der Waals surface area contributed by atoms with Gasteiger partial charge >= 0.3 is 11.9 Å². The normalized spacial score (nSPS) is 16.7. The molecule has 12 heteroatoms. The zero-order valence-corrected chi connectivity index (χ0v) is 26.4. The molecule has 4 aromatic rings. The average Bonchev–Trinajstić information content (AvgIpc) is 3.06. The van der Waals surface area contributed by atoms with Gasteiger partial charge in [-0.25, -0.2) is 17.2 Å². The van der Waals surface area contributed by atoms with Gasteiger partial charge in [0, 0.05) is 36.3 Å². The highest BCUT2D eigenvalue weighted by Gasteiger charge is 2.40. The van der Waals surface area contributed by atoms with Crippen molar-refractivity contribution in [1.29, 1.82) is 0 Å². The van der Waals surface area contributed by atoms with Crippen molar-refractivity contribution in [3.05, 3.63) is 129 Å². The molecule has 0 radical (unpaired) electrons. The molecule has 8 nitrogen and oxygen atoms in total. The van der Waals surface area contributed by atoms with Gasteiger partial charge in [-0.05, 0) is 66.8 Å². The summed E-state index contributed by atoms with van der Waals surface area (Å²) in [6.07, 6.45) is 3.49. The fourth-order valence-electron chi connectivity index (χ4n) is 5.81. The van der Waals surface area contributed by atoms with Crippen LogP contribution in [-0.2, 0) is 21.2 Å². The van der Waals surface area contributed by atoms with Crippen molar-refractivity contribution < 1.29 is 22.0 Å². The second-order valence-corrected chi connectivity index (χ2v) is 13.3. The molecule has 3 unspecified atom stereocenters. The number of carbonyl (C=O) groups excluding carboxylic acids is 1. The van der Waals surface area contributed by atoms with E-state index in [4.69, 9.17) is 18.2 Å². The van der Waals surface area contributed by atoms with Crippen molar-refractivity contribution in [3.63, 3.8) is 0 Å². The Morgan fingerprint density at radius 2 is 1.83 bits per heavy atom. The lowest BCUT2D eigenvalue weighted by Crippen LogP contribution is -2.53. The fraction of sp³-hybridized carbons (Fsp3) is 0.265. The largest absolute Gasteiger partial charge is 0.359 e. The Morgan fingerprint density at radius 1 is 1.07 bits per heavy atom. The molecule has 2 N–H and O–H groups in total. The summed E-state index contributed by atoms with van der Waals surface area (Å²) in [6.45, 7) is 7.09. The summed E-state index contributed by atoms with van der Waals surface area (Å²) in [5.41, 5.74) is 1.45. The van der Waals surface area contributed by atoms with E-state index in [1.165, 1.54) is 28.7 Å². The molecule has 1 fully saturated rings. The number of amides is 1. The summed E-state index contributed by atoms with van der Waals surface area (Å²) in [4.78, 5) is 21.7. The van der Waals surface area contributed by atoms with Crippen LogP contribution in [0.5, 0.6) is 0 Å². The molecule has 3 aromatic carbocycles. The summed E-state index contributed by atoms with van der Waals surface area (Å²) in [7, 11) is -3.71. The number of piperazine rings is 1. The molecule has 1 amide bonds. The minimum absolute atomic E-state index is 0.142. The van der Waals surface area contributed by atoms with Crippen LogP contribution in [0.2, 0.25) is 5.02 Å². The van der Waals surface area contributed by atoms with E-state index in [-0.39, 0.29) is 28.6 Å². The molecule has 1 aliphatic heterocycles. The molecule has 2 heterocycles. The third kappa shape index (κ3) is 7.59. The van der Waals surface area contributed by atoms with Crippen molar-refractivity contribution in [3.8, 4) is 6.57 Å². The van der Waals surface area contributed by atoms with Crippen LogP contribution in [0.1, 0.15) is 35.4 Å². The highest BCUT2D eigenvalue weighted by atomic mass is 35.5. The maximum Gasteiger partial charge on any atom is 0.359 e. The van der Waals surface area contributed by atoms with Crippen molar-refractivity contribution in [1.82, 2.24) is 14.6 Å². The third-order valence-electron chi connectivity index (χ3n) is 8.05. The number of sulfonamides is 1. The number of nitrogens with one attached hydrogen (secondary N) is 2. The van der Waals surface area contributed by atoms with Gasteiger partial charge in [-0.2, -0.15) is 4.31 Å². The molecule has 1 saturated heterocycles. The number of benzene rings is 3. The summed E-state index contributed by atoms with van der Waals surface area (Å²) >= 11 is 6.09. The van der Waals surface area contributed by atoms with Crippen LogP contribution in [0.15, 0.2) is 96.2 Å². The highest BCUT2D eigenvalue weighted by Crippen LogP contribution is 2.33. The molecule has 0 spiro atoms. The lowest BCUT2D eigenvalue weighted by Gasteiger charge is -2.35. The van der Waals surface area contributed by atoms with Gasteiger partial charge in [0.05, 0.1) is 28.9 Å². The molecule has 0 aliphatic carbocycles. The summed E-state index contributed by atoms with van der Waals surface area (Å²) in [5.74, 6) is -2.53. The lowest BCUT2D eigenvalue weighted by atomic mass is 9.84. The molecule has 3 atom stereocenters. The monoisotopic (exact) mass is 664 g/mol. The zero-order chi connectivity index (χ0) is 32.7. The van der Waals surface area contributed by atoms with Gasteiger partial charge in [-0.1, -0.05) is 58.9 Å². The highest BCUT2D eigenvalue weighted by molar-refractivity contribution is 7.89. The molecule has 1 aliphatic rings. The number of pyridine rings is 1. The number of nitrogens with zero attached hydrogens (tertiary/aromatic N) is 3. The minimum Gasteiger partial charge on any atom is -0.317 e. The second kappa shape index (κ2) is 14.9. The van der Waals surface area contributed by atoms with E-state index in [0.29, 0.717) is 48.6 Å². The quantitative estimate of drug-likeness (QED) is 0.202. The maximum atomic E-state index is 15.2. The zero-order valence-electron chi connectivity index (χ0n) is 24.8. The molecule has 0 saturated carbocycles. The number of carbonyl (C=O) groups is 1. The van der Waals surface area contributed by atoms with Crippen LogP contribution in [0.4, 0.5) is 14.5 Å². The Morgan fingerprint density at radius 3 is 2.54 bits per heavy atom. The Kier molecular flexibility index (Phi) is 10.8. The van der Waals surface area contributed by atoms with Crippen molar-refractivity contribution in [2.24, 2.45) is 0 Å². The van der Waals surface area contributed by atoms with Crippen LogP contribution < -0.4 is 10.6 Å². The van der Waals surface area contributed by atoms with E-state index in [1.54, 1.807) is 60.7 Å². The van der Waals surface area contributed by atoms with Gasteiger partial charge in [0.2, 0.25) is 10.0 Å². The lowest BCUT2D eigenvalue weighted by molar-refractivity contribution is -0.116. The molecule has 238 valence electrons. The van der Waals surface area contributed by atoms with Gasteiger partial charge in [0.25, 0.3) is 6.57 Å². The second-order valence-electron chi connectivity index (χ2n) is 11.0. The topological polar surface area (TPSA) is 95.8 Å². The molecule has 46 heavy (non-hydrogen) atoms. The number of rotatable bonds is 11. The summed E-state index contributed by atoms with van der Waals surface area (Å²) in [5, 5.41) is 6.47. The van der Waals surface area contributed by atoms with E-state index in [1.807, 2.05) is 0 Å². The van der Waals surface area contributed by atoms with E-state index < -0.39 is 39.5 Å². The molecule has 5 rings (SSSR count). The van der Waals surface area contributed by atoms with Crippen LogP contribution in [0, 0.1) is 18.2 Å². The predicted octanol–water partition coefficient (Wildman–Crippen LogP) is 6.10. The first-order valence-electron chi connectivity index (χ1n) is 14.8. The van der Waals surface area contributed by atoms with Gasteiger partial charge in [0.15, 0.2) is 0 Å². The van der Waals surface area contributed by atoms with Crippen molar-refractivity contribution in [2.75, 3.05) is 25.0 Å². The maximum absolute atomic E-state index is 15.2. The van der Waals surface area contributed by atoms with Crippen LogP contribution in [0.25, 0.3) is 4.85 Å². The first-order chi connectivity index (χ1) is 22.2. The fourth-order valence-corrected chi connectivity index (χ4v) is 7.61. The summed E-state index contributed by atoms with van der Waals surface area (Å²) < 4.78 is 57.7. The van der Waals surface area contributed by atoms with Gasteiger partial charge in [0.1, 0.15) is 11.6 Å².